The molecule has 0 heterocycles. The van der Waals surface area contributed by atoms with Gasteiger partial charge in [0.05, 0.1) is 0 Å². The summed E-state index contributed by atoms with van der Waals surface area (Å²) in [6.07, 6.45) is 5.72. The largest absolute Gasteiger partial charge is 0.396 e. The predicted octanol–water partition coefficient (Wildman–Crippen LogP) is 1.10. The summed E-state index contributed by atoms with van der Waals surface area (Å²) in [5.74, 6) is 1.19. The average molecular weight is 189 g/mol. The van der Waals surface area contributed by atoms with Crippen molar-refractivity contribution >= 4 is 11.8 Å². The molecular formula is C9H19NOS. The van der Waals surface area contributed by atoms with Crippen molar-refractivity contribution < 1.29 is 5.11 Å². The van der Waals surface area contributed by atoms with Crippen LogP contribution in [0.5, 0.6) is 0 Å². The maximum absolute atomic E-state index is 8.81. The molecule has 0 aromatic rings. The average Bonchev–Trinajstić information content (AvgIpc) is 2.81. The molecule has 0 unspecified atom stereocenters. The minimum Gasteiger partial charge on any atom is -0.396 e. The minimum atomic E-state index is 0.351. The van der Waals surface area contributed by atoms with Crippen LogP contribution in [-0.4, -0.2) is 36.8 Å². The van der Waals surface area contributed by atoms with Crippen LogP contribution in [0.4, 0.5) is 0 Å². The molecule has 0 saturated heterocycles. The van der Waals surface area contributed by atoms with E-state index in [2.05, 4.69) is 11.6 Å². The summed E-state index contributed by atoms with van der Waals surface area (Å²) < 4.78 is 0. The lowest BCUT2D eigenvalue weighted by atomic mass is 10.0. The van der Waals surface area contributed by atoms with E-state index in [4.69, 9.17) is 5.11 Å². The van der Waals surface area contributed by atoms with E-state index in [9.17, 15) is 0 Å². The van der Waals surface area contributed by atoms with Crippen molar-refractivity contribution in [2.75, 3.05) is 31.7 Å². The van der Waals surface area contributed by atoms with Gasteiger partial charge < -0.3 is 10.4 Å². The van der Waals surface area contributed by atoms with Gasteiger partial charge in [-0.3, -0.25) is 0 Å². The molecule has 0 aromatic heterocycles. The molecule has 1 aliphatic rings. The first-order valence-corrected chi connectivity index (χ1v) is 6.03. The van der Waals surface area contributed by atoms with Crippen molar-refractivity contribution in [3.05, 3.63) is 0 Å². The van der Waals surface area contributed by atoms with Crippen LogP contribution in [0.1, 0.15) is 19.3 Å². The molecule has 0 bridgehead atoms. The fraction of sp³-hybridized carbons (Fsp3) is 1.00. The van der Waals surface area contributed by atoms with Gasteiger partial charge in [-0.15, -0.1) is 0 Å². The van der Waals surface area contributed by atoms with E-state index in [0.717, 1.165) is 19.5 Å². The molecule has 0 aromatic carbocycles. The smallest absolute Gasteiger partial charge is 0.0436 e. The van der Waals surface area contributed by atoms with Crippen molar-refractivity contribution in [3.8, 4) is 0 Å². The number of hydrogen-bond acceptors (Lipinski definition) is 3. The van der Waals surface area contributed by atoms with E-state index in [1.54, 1.807) is 0 Å². The van der Waals surface area contributed by atoms with Gasteiger partial charge in [0.25, 0.3) is 0 Å². The maximum atomic E-state index is 8.81. The molecule has 0 aliphatic heterocycles. The summed E-state index contributed by atoms with van der Waals surface area (Å²) in [7, 11) is 0. The lowest BCUT2D eigenvalue weighted by Crippen LogP contribution is -2.26. The van der Waals surface area contributed by atoms with Crippen LogP contribution in [0.15, 0.2) is 0 Å². The molecule has 72 valence electrons. The Morgan fingerprint density at radius 3 is 2.75 bits per heavy atom. The zero-order chi connectivity index (χ0) is 8.86. The standard InChI is InChI=1S/C9H19NOS/c1-12-7-5-10-8-9(2-3-9)4-6-11/h10-11H,2-8H2,1H3. The molecule has 2 nitrogen and oxygen atoms in total. The van der Waals surface area contributed by atoms with E-state index in [1.807, 2.05) is 11.8 Å². The molecular weight excluding hydrogens is 170 g/mol. The van der Waals surface area contributed by atoms with E-state index in [1.165, 1.54) is 18.6 Å². The minimum absolute atomic E-state index is 0.351. The summed E-state index contributed by atoms with van der Waals surface area (Å²) in [5, 5.41) is 12.3. The number of rotatable bonds is 7. The van der Waals surface area contributed by atoms with Gasteiger partial charge in [-0.2, -0.15) is 11.8 Å². The van der Waals surface area contributed by atoms with Crippen molar-refractivity contribution in [1.82, 2.24) is 5.32 Å². The Balaban J connectivity index is 1.98. The molecule has 3 heteroatoms. The highest BCUT2D eigenvalue weighted by Gasteiger charge is 2.40. The molecule has 0 radical (unpaired) electrons. The Morgan fingerprint density at radius 1 is 1.50 bits per heavy atom. The summed E-state index contributed by atoms with van der Waals surface area (Å²) in [5.41, 5.74) is 0.479. The Hall–Kier alpha value is 0.270. The second kappa shape index (κ2) is 5.10. The second-order valence-corrected chi connectivity index (χ2v) is 4.63. The van der Waals surface area contributed by atoms with Crippen LogP contribution in [0, 0.1) is 5.41 Å². The fourth-order valence-electron chi connectivity index (χ4n) is 1.46. The third-order valence-corrected chi connectivity index (χ3v) is 3.19. The zero-order valence-electron chi connectivity index (χ0n) is 7.81. The van der Waals surface area contributed by atoms with Crippen molar-refractivity contribution in [1.29, 1.82) is 0 Å². The summed E-state index contributed by atoms with van der Waals surface area (Å²) in [4.78, 5) is 0. The van der Waals surface area contributed by atoms with Crippen LogP contribution >= 0.6 is 11.8 Å². The van der Waals surface area contributed by atoms with Gasteiger partial charge in [0, 0.05) is 25.4 Å². The number of hydrogen-bond donors (Lipinski definition) is 2. The lowest BCUT2D eigenvalue weighted by Gasteiger charge is -2.13. The first-order valence-electron chi connectivity index (χ1n) is 4.63. The van der Waals surface area contributed by atoms with Crippen LogP contribution in [0.2, 0.25) is 0 Å². The van der Waals surface area contributed by atoms with Gasteiger partial charge in [0.2, 0.25) is 0 Å². The van der Waals surface area contributed by atoms with E-state index < -0.39 is 0 Å². The van der Waals surface area contributed by atoms with Gasteiger partial charge in [0.15, 0.2) is 0 Å². The molecule has 1 saturated carbocycles. The highest BCUT2D eigenvalue weighted by Crippen LogP contribution is 2.47. The first-order chi connectivity index (χ1) is 5.83. The number of aliphatic hydroxyl groups is 1. The quantitative estimate of drug-likeness (QED) is 0.588. The highest BCUT2D eigenvalue weighted by atomic mass is 32.2. The normalized spacial score (nSPS) is 19.5. The number of aliphatic hydroxyl groups excluding tert-OH is 1. The van der Waals surface area contributed by atoms with Gasteiger partial charge in [-0.25, -0.2) is 0 Å². The molecule has 1 fully saturated rings. The molecule has 12 heavy (non-hydrogen) atoms. The molecule has 1 rings (SSSR count). The first kappa shape index (κ1) is 10.4. The predicted molar refractivity (Wildman–Crippen MR) is 54.6 cm³/mol. The Kier molecular flexibility index (Phi) is 4.40. The Morgan fingerprint density at radius 2 is 2.25 bits per heavy atom. The zero-order valence-corrected chi connectivity index (χ0v) is 8.62. The van der Waals surface area contributed by atoms with E-state index in [0.29, 0.717) is 12.0 Å². The second-order valence-electron chi connectivity index (χ2n) is 3.64. The fourth-order valence-corrected chi connectivity index (χ4v) is 1.81. The third kappa shape index (κ3) is 3.33. The van der Waals surface area contributed by atoms with Crippen LogP contribution in [0.25, 0.3) is 0 Å². The molecule has 0 spiro atoms. The van der Waals surface area contributed by atoms with Gasteiger partial charge in [0.1, 0.15) is 0 Å². The molecule has 1 aliphatic carbocycles. The van der Waals surface area contributed by atoms with Crippen LogP contribution < -0.4 is 5.32 Å². The summed E-state index contributed by atoms with van der Waals surface area (Å²) in [6, 6.07) is 0. The van der Waals surface area contributed by atoms with Crippen molar-refractivity contribution in [2.24, 2.45) is 5.41 Å². The third-order valence-electron chi connectivity index (χ3n) is 2.58. The van der Waals surface area contributed by atoms with Crippen LogP contribution in [-0.2, 0) is 0 Å². The molecule has 0 atom stereocenters. The number of thioether (sulfide) groups is 1. The van der Waals surface area contributed by atoms with E-state index in [-0.39, 0.29) is 0 Å². The Bertz CT molecular complexity index is 126. The van der Waals surface area contributed by atoms with Gasteiger partial charge in [-0.05, 0) is 30.9 Å². The summed E-state index contributed by atoms with van der Waals surface area (Å²) in [6.45, 7) is 2.56. The number of nitrogens with one attached hydrogen (secondary N) is 1. The molecule has 0 amide bonds. The maximum Gasteiger partial charge on any atom is 0.0436 e. The highest BCUT2D eigenvalue weighted by molar-refractivity contribution is 7.98. The monoisotopic (exact) mass is 189 g/mol. The van der Waals surface area contributed by atoms with Crippen molar-refractivity contribution in [2.45, 2.75) is 19.3 Å². The Labute approximate surface area is 79.1 Å². The van der Waals surface area contributed by atoms with Crippen LogP contribution in [0.3, 0.4) is 0 Å². The SMILES string of the molecule is CSCCNCC1(CCO)CC1. The lowest BCUT2D eigenvalue weighted by molar-refractivity contribution is 0.246. The molecule has 2 N–H and O–H groups in total. The van der Waals surface area contributed by atoms with Crippen molar-refractivity contribution in [3.63, 3.8) is 0 Å². The topological polar surface area (TPSA) is 32.3 Å². The van der Waals surface area contributed by atoms with Gasteiger partial charge in [-0.1, -0.05) is 0 Å². The summed E-state index contributed by atoms with van der Waals surface area (Å²) >= 11 is 1.87. The van der Waals surface area contributed by atoms with Gasteiger partial charge >= 0.3 is 0 Å². The van der Waals surface area contributed by atoms with E-state index >= 15 is 0 Å².